The highest BCUT2D eigenvalue weighted by Gasteiger charge is 2.02. The molecule has 0 aromatic heterocycles. The van der Waals surface area contributed by atoms with Crippen LogP contribution >= 0.6 is 15.9 Å². The van der Waals surface area contributed by atoms with Crippen molar-refractivity contribution in [1.82, 2.24) is 5.32 Å². The monoisotopic (exact) mass is 364 g/mol. The van der Waals surface area contributed by atoms with Crippen LogP contribution in [0.5, 0.6) is 11.5 Å². The molecule has 0 atom stereocenters. The molecule has 2 aromatic rings. The highest BCUT2D eigenvalue weighted by atomic mass is 79.9. The number of ether oxygens (including phenoxy) is 2. The van der Waals surface area contributed by atoms with Gasteiger partial charge in [0, 0.05) is 10.2 Å². The lowest BCUT2D eigenvalue weighted by molar-refractivity contribution is 0.234. The molecule has 2 amide bonds. The van der Waals surface area contributed by atoms with Crippen LogP contribution in [0.1, 0.15) is 6.92 Å². The summed E-state index contributed by atoms with van der Waals surface area (Å²) in [5, 5.41) is 5.33. The minimum atomic E-state index is -0.330. The molecule has 0 unspecified atom stereocenters. The van der Waals surface area contributed by atoms with E-state index >= 15 is 0 Å². The molecular formula is C16H17BrN2O3. The largest absolute Gasteiger partial charge is 0.494 e. The third-order valence-electron chi connectivity index (χ3n) is 2.69. The Morgan fingerprint density at radius 3 is 2.41 bits per heavy atom. The van der Waals surface area contributed by atoms with Crippen molar-refractivity contribution < 1.29 is 14.3 Å². The number of hydrogen-bond donors (Lipinski definition) is 2. The maximum absolute atomic E-state index is 11.7. The molecule has 2 rings (SSSR count). The van der Waals surface area contributed by atoms with Crippen LogP contribution in [0.25, 0.3) is 0 Å². The Morgan fingerprint density at radius 1 is 1.09 bits per heavy atom. The number of urea groups is 1. The van der Waals surface area contributed by atoms with Crippen molar-refractivity contribution in [3.63, 3.8) is 0 Å². The van der Waals surface area contributed by atoms with Crippen LogP contribution in [-0.2, 0) is 0 Å². The second-order valence-corrected chi connectivity index (χ2v) is 5.25. The van der Waals surface area contributed by atoms with E-state index in [0.29, 0.717) is 18.0 Å². The number of halogens is 1. The summed E-state index contributed by atoms with van der Waals surface area (Å²) in [5.41, 5.74) is 0.702. The van der Waals surface area contributed by atoms with Gasteiger partial charge in [-0.3, -0.25) is 0 Å². The van der Waals surface area contributed by atoms with E-state index in [0.717, 1.165) is 10.2 Å². The fourth-order valence-corrected chi connectivity index (χ4v) is 2.12. The molecule has 5 nitrogen and oxygen atoms in total. The first-order valence-electron chi connectivity index (χ1n) is 6.83. The van der Waals surface area contributed by atoms with Crippen molar-refractivity contribution >= 4 is 27.6 Å². The quantitative estimate of drug-likeness (QED) is 0.761. The van der Waals surface area contributed by atoms with Crippen molar-refractivity contribution in [3.05, 3.63) is 53.0 Å². The van der Waals surface area contributed by atoms with Crippen LogP contribution in [0.15, 0.2) is 53.0 Å². The van der Waals surface area contributed by atoms with Crippen LogP contribution in [0, 0.1) is 0 Å². The van der Waals surface area contributed by atoms with Crippen molar-refractivity contribution in [3.8, 4) is 11.5 Å². The third kappa shape index (κ3) is 5.29. The molecule has 0 aliphatic carbocycles. The zero-order valence-corrected chi connectivity index (χ0v) is 13.7. The Balaban J connectivity index is 1.74. The first-order chi connectivity index (χ1) is 10.7. The van der Waals surface area contributed by atoms with Crippen LogP contribution in [0.2, 0.25) is 0 Å². The molecule has 0 spiro atoms. The van der Waals surface area contributed by atoms with Crippen LogP contribution < -0.4 is 20.1 Å². The molecule has 0 saturated heterocycles. The highest BCUT2D eigenvalue weighted by Crippen LogP contribution is 2.17. The van der Waals surface area contributed by atoms with Crippen LogP contribution in [0.3, 0.4) is 0 Å². The van der Waals surface area contributed by atoms with Crippen molar-refractivity contribution in [2.24, 2.45) is 0 Å². The molecule has 0 heterocycles. The summed E-state index contributed by atoms with van der Waals surface area (Å²) in [6.45, 7) is 2.63. The average molecular weight is 365 g/mol. The number of hydrogen-bond acceptors (Lipinski definition) is 3. The van der Waals surface area contributed by atoms with Gasteiger partial charge in [0.25, 0.3) is 0 Å². The number of nitrogens with one attached hydrogen (secondary N) is 2. The zero-order valence-electron chi connectivity index (χ0n) is 12.1. The number of amides is 2. The van der Waals surface area contributed by atoms with E-state index in [1.54, 1.807) is 18.2 Å². The van der Waals surface area contributed by atoms with E-state index in [1.807, 2.05) is 37.3 Å². The van der Waals surface area contributed by atoms with E-state index in [1.165, 1.54) is 0 Å². The summed E-state index contributed by atoms with van der Waals surface area (Å²) in [4.78, 5) is 11.7. The maximum atomic E-state index is 11.7. The van der Waals surface area contributed by atoms with E-state index in [2.05, 4.69) is 26.6 Å². The number of benzene rings is 2. The van der Waals surface area contributed by atoms with Crippen molar-refractivity contribution in [2.45, 2.75) is 6.92 Å². The lowest BCUT2D eigenvalue weighted by Crippen LogP contribution is -2.31. The van der Waals surface area contributed by atoms with Gasteiger partial charge in [-0.05, 0) is 49.4 Å². The van der Waals surface area contributed by atoms with Gasteiger partial charge in [0.15, 0.2) is 6.73 Å². The van der Waals surface area contributed by atoms with Gasteiger partial charge in [0.1, 0.15) is 11.5 Å². The Hall–Kier alpha value is -2.21. The second-order valence-electron chi connectivity index (χ2n) is 4.33. The predicted octanol–water partition coefficient (Wildman–Crippen LogP) is 4.01. The van der Waals surface area contributed by atoms with Gasteiger partial charge < -0.3 is 20.1 Å². The minimum Gasteiger partial charge on any atom is -0.494 e. The van der Waals surface area contributed by atoms with Gasteiger partial charge >= 0.3 is 6.03 Å². The predicted molar refractivity (Wildman–Crippen MR) is 89.4 cm³/mol. The Morgan fingerprint density at radius 2 is 1.77 bits per heavy atom. The van der Waals surface area contributed by atoms with Gasteiger partial charge in [-0.2, -0.15) is 0 Å². The molecule has 0 radical (unpaired) electrons. The zero-order chi connectivity index (χ0) is 15.8. The van der Waals surface area contributed by atoms with Gasteiger partial charge in [0.05, 0.1) is 6.61 Å². The van der Waals surface area contributed by atoms with Gasteiger partial charge in [-0.15, -0.1) is 0 Å². The van der Waals surface area contributed by atoms with Crippen molar-refractivity contribution in [1.29, 1.82) is 0 Å². The molecule has 0 saturated carbocycles. The lowest BCUT2D eigenvalue weighted by atomic mass is 10.3. The van der Waals surface area contributed by atoms with Gasteiger partial charge in [-0.25, -0.2) is 4.79 Å². The number of rotatable bonds is 6. The minimum absolute atomic E-state index is 0.0772. The molecule has 0 bridgehead atoms. The molecular weight excluding hydrogens is 348 g/mol. The third-order valence-corrected chi connectivity index (χ3v) is 3.18. The normalized spacial score (nSPS) is 9.91. The summed E-state index contributed by atoms with van der Waals surface area (Å²) < 4.78 is 11.7. The summed E-state index contributed by atoms with van der Waals surface area (Å²) >= 11 is 3.35. The Bertz CT molecular complexity index is 617. The van der Waals surface area contributed by atoms with E-state index < -0.39 is 0 Å². The second kappa shape index (κ2) is 8.29. The average Bonchev–Trinajstić information content (AvgIpc) is 2.49. The number of carbonyl (C=O) groups excluding carboxylic acids is 1. The van der Waals surface area contributed by atoms with E-state index in [9.17, 15) is 4.79 Å². The summed E-state index contributed by atoms with van der Waals surface area (Å²) in [6, 6.07) is 14.2. The summed E-state index contributed by atoms with van der Waals surface area (Å²) in [5.74, 6) is 1.45. The molecule has 116 valence electrons. The molecule has 22 heavy (non-hydrogen) atoms. The fourth-order valence-electron chi connectivity index (χ4n) is 1.73. The van der Waals surface area contributed by atoms with Crippen molar-refractivity contribution in [2.75, 3.05) is 18.7 Å². The Kier molecular flexibility index (Phi) is 6.09. The summed E-state index contributed by atoms with van der Waals surface area (Å²) in [6.07, 6.45) is 0. The summed E-state index contributed by atoms with van der Waals surface area (Å²) in [7, 11) is 0. The molecule has 0 aliphatic heterocycles. The number of carbonyl (C=O) groups is 1. The molecule has 2 N–H and O–H groups in total. The SMILES string of the molecule is CCOc1ccc(OCNC(=O)Nc2cccc(Br)c2)cc1. The fraction of sp³-hybridized carbons (Fsp3) is 0.188. The molecule has 6 heteroatoms. The van der Waals surface area contributed by atoms with Gasteiger partial charge in [-0.1, -0.05) is 22.0 Å². The standard InChI is InChI=1S/C16H17BrN2O3/c1-2-21-14-6-8-15(9-7-14)22-11-18-16(20)19-13-5-3-4-12(17)10-13/h3-10H,2,11H2,1H3,(H2,18,19,20). The maximum Gasteiger partial charge on any atom is 0.321 e. The highest BCUT2D eigenvalue weighted by molar-refractivity contribution is 9.10. The lowest BCUT2D eigenvalue weighted by Gasteiger charge is -2.10. The topological polar surface area (TPSA) is 59.6 Å². The Labute approximate surface area is 137 Å². The first kappa shape index (κ1) is 16.2. The van der Waals surface area contributed by atoms with E-state index in [4.69, 9.17) is 9.47 Å². The molecule has 0 fully saturated rings. The van der Waals surface area contributed by atoms with Gasteiger partial charge in [0.2, 0.25) is 0 Å². The van der Waals surface area contributed by atoms with Crippen LogP contribution in [-0.4, -0.2) is 19.4 Å². The van der Waals surface area contributed by atoms with Crippen LogP contribution in [0.4, 0.5) is 10.5 Å². The van der Waals surface area contributed by atoms with E-state index in [-0.39, 0.29) is 12.8 Å². The molecule has 0 aliphatic rings. The first-order valence-corrected chi connectivity index (χ1v) is 7.63. The molecule has 2 aromatic carbocycles. The smallest absolute Gasteiger partial charge is 0.321 e. The number of anilines is 1.